The Morgan fingerprint density at radius 3 is 2.85 bits per heavy atom. The van der Waals surface area contributed by atoms with Gasteiger partial charge in [0.2, 0.25) is 11.7 Å². The second kappa shape index (κ2) is 6.97. The van der Waals surface area contributed by atoms with E-state index in [-0.39, 0.29) is 23.5 Å². The van der Waals surface area contributed by atoms with Gasteiger partial charge in [0.1, 0.15) is 5.04 Å². The summed E-state index contributed by atoms with van der Waals surface area (Å²) >= 11 is 2.53. The number of thioether (sulfide) groups is 1. The first kappa shape index (κ1) is 18.0. The number of carbonyl (C=O) groups is 3. The molecule has 4 amide bonds. The van der Waals surface area contributed by atoms with Crippen LogP contribution in [-0.4, -0.2) is 68.9 Å². The number of aromatic nitrogens is 1. The summed E-state index contributed by atoms with van der Waals surface area (Å²) in [6, 6.07) is -0.419. The largest absolute Gasteiger partial charge is 0.445 e. The van der Waals surface area contributed by atoms with Gasteiger partial charge in [-0.3, -0.25) is 9.59 Å². The number of hydrogen-bond acceptors (Lipinski definition) is 8. The normalized spacial score (nSPS) is 22.4. The van der Waals surface area contributed by atoms with Crippen LogP contribution in [0.15, 0.2) is 21.6 Å². The number of rotatable bonds is 4. The zero-order valence-electron chi connectivity index (χ0n) is 14.7. The van der Waals surface area contributed by atoms with Gasteiger partial charge in [-0.15, -0.1) is 11.3 Å². The van der Waals surface area contributed by atoms with Crippen molar-refractivity contribution in [1.82, 2.24) is 9.88 Å². The molecule has 11 heteroatoms. The standard InChI is InChI=1S/C16H16N6O3S2/c1-21-12-10(14(24)22(2)16(21)25)13(20-11(19-12)8-3-4-8)27-7-9(23)18-15-17-5-6-26-15/h5-6,8,10H,3-4,7H2,1-2H3/p+1. The van der Waals surface area contributed by atoms with E-state index in [1.807, 2.05) is 0 Å². The van der Waals surface area contributed by atoms with Crippen molar-refractivity contribution in [2.24, 2.45) is 21.8 Å². The minimum absolute atomic E-state index is 0.0921. The summed E-state index contributed by atoms with van der Waals surface area (Å²) in [5.74, 6) is 0.0293. The molecule has 27 heavy (non-hydrogen) atoms. The molecule has 1 unspecified atom stereocenters. The zero-order valence-corrected chi connectivity index (χ0v) is 16.3. The van der Waals surface area contributed by atoms with E-state index >= 15 is 0 Å². The minimum Gasteiger partial charge on any atom is -0.301 e. The van der Waals surface area contributed by atoms with Crippen molar-refractivity contribution in [3.05, 3.63) is 11.6 Å². The topological polar surface area (TPSA) is 107 Å². The van der Waals surface area contributed by atoms with Gasteiger partial charge in [-0.1, -0.05) is 16.8 Å². The van der Waals surface area contributed by atoms with E-state index in [9.17, 15) is 14.4 Å². The summed E-state index contributed by atoms with van der Waals surface area (Å²) in [5, 5.41) is 5.52. The van der Waals surface area contributed by atoms with Gasteiger partial charge in [0, 0.05) is 17.5 Å². The highest BCUT2D eigenvalue weighted by atomic mass is 32.2. The maximum absolute atomic E-state index is 12.7. The van der Waals surface area contributed by atoms with Crippen LogP contribution in [0.1, 0.15) is 12.8 Å². The van der Waals surface area contributed by atoms with Crippen molar-refractivity contribution >= 4 is 62.8 Å². The maximum Gasteiger partial charge on any atom is 0.445 e. The molecule has 1 fully saturated rings. The summed E-state index contributed by atoms with van der Waals surface area (Å²) < 4.78 is 1.39. The van der Waals surface area contributed by atoms with Crippen LogP contribution in [0.2, 0.25) is 0 Å². The fourth-order valence-electron chi connectivity index (χ4n) is 2.81. The smallest absolute Gasteiger partial charge is 0.301 e. The van der Waals surface area contributed by atoms with Crippen LogP contribution in [0, 0.1) is 11.8 Å². The number of hydrogen-bond donors (Lipinski definition) is 1. The van der Waals surface area contributed by atoms with Crippen LogP contribution in [0.3, 0.4) is 0 Å². The van der Waals surface area contributed by atoms with Gasteiger partial charge >= 0.3 is 11.9 Å². The maximum atomic E-state index is 12.7. The molecular formula is C16H17N6O3S2+. The van der Waals surface area contributed by atoms with Crippen LogP contribution in [-0.2, 0) is 9.59 Å². The minimum atomic E-state index is -0.752. The molecule has 1 aromatic heterocycles. The second-order valence-electron chi connectivity index (χ2n) is 6.40. The molecule has 9 nitrogen and oxygen atoms in total. The predicted molar refractivity (Wildman–Crippen MR) is 104 cm³/mol. The first-order valence-electron chi connectivity index (χ1n) is 8.37. The van der Waals surface area contributed by atoms with Crippen molar-refractivity contribution < 1.29 is 19.0 Å². The summed E-state index contributed by atoms with van der Waals surface area (Å²) in [6.07, 6.45) is 3.60. The van der Waals surface area contributed by atoms with Crippen LogP contribution in [0.4, 0.5) is 9.93 Å². The average Bonchev–Trinajstić information content (AvgIpc) is 3.39. The number of thiazole rings is 1. The third-order valence-corrected chi connectivity index (χ3v) is 6.14. The summed E-state index contributed by atoms with van der Waals surface area (Å²) in [7, 11) is 3.04. The molecule has 4 rings (SSSR count). The van der Waals surface area contributed by atoms with Gasteiger partial charge in [0.15, 0.2) is 11.0 Å². The highest BCUT2D eigenvalue weighted by Gasteiger charge is 2.50. The van der Waals surface area contributed by atoms with Crippen molar-refractivity contribution in [1.29, 1.82) is 0 Å². The molecule has 1 saturated carbocycles. The highest BCUT2D eigenvalue weighted by Crippen LogP contribution is 2.35. The van der Waals surface area contributed by atoms with Crippen molar-refractivity contribution in [2.75, 3.05) is 25.2 Å². The second-order valence-corrected chi connectivity index (χ2v) is 8.29. The first-order chi connectivity index (χ1) is 13.0. The molecule has 0 bridgehead atoms. The lowest BCUT2D eigenvalue weighted by atomic mass is 10.0. The van der Waals surface area contributed by atoms with E-state index in [1.165, 1.54) is 34.7 Å². The molecule has 2 aliphatic heterocycles. The predicted octanol–water partition coefficient (Wildman–Crippen LogP) is 1.28. The van der Waals surface area contributed by atoms with E-state index in [2.05, 4.69) is 20.3 Å². The summed E-state index contributed by atoms with van der Waals surface area (Å²) in [6.45, 7) is 0. The van der Waals surface area contributed by atoms with Gasteiger partial charge in [-0.05, 0) is 12.8 Å². The van der Waals surface area contributed by atoms with E-state index in [4.69, 9.17) is 0 Å². The number of carbonyl (C=O) groups excluding carboxylic acids is 3. The third kappa shape index (κ3) is 3.44. The number of nitrogens with one attached hydrogen (secondary N) is 1. The third-order valence-electron chi connectivity index (χ3n) is 4.43. The number of nitrogens with zero attached hydrogens (tertiary/aromatic N) is 5. The molecule has 3 heterocycles. The monoisotopic (exact) mass is 405 g/mol. The van der Waals surface area contributed by atoms with Crippen LogP contribution < -0.4 is 5.32 Å². The summed E-state index contributed by atoms with van der Waals surface area (Å²) in [5.41, 5.74) is 0. The zero-order chi connectivity index (χ0) is 19.1. The van der Waals surface area contributed by atoms with Gasteiger partial charge in [-0.25, -0.2) is 14.8 Å². The molecule has 1 aromatic rings. The van der Waals surface area contributed by atoms with E-state index in [0.717, 1.165) is 17.7 Å². The van der Waals surface area contributed by atoms with E-state index in [1.54, 1.807) is 18.6 Å². The summed E-state index contributed by atoms with van der Waals surface area (Å²) in [4.78, 5) is 51.3. The molecule has 3 aliphatic rings. The Hall–Kier alpha value is -2.40. The molecule has 140 valence electrons. The average molecular weight is 405 g/mol. The Bertz CT molecular complexity index is 917. The molecule has 0 saturated heterocycles. The Kier molecular flexibility index (Phi) is 4.64. The Labute approximate surface area is 163 Å². The Morgan fingerprint density at radius 1 is 1.41 bits per heavy atom. The van der Waals surface area contributed by atoms with E-state index in [0.29, 0.717) is 21.8 Å². The number of anilines is 1. The molecular weight excluding hydrogens is 388 g/mol. The quantitative estimate of drug-likeness (QED) is 0.760. The molecule has 0 radical (unpaired) electrons. The van der Waals surface area contributed by atoms with Gasteiger partial charge in [0.05, 0.1) is 19.8 Å². The van der Waals surface area contributed by atoms with Gasteiger partial charge in [0.25, 0.3) is 5.84 Å². The molecule has 1 aliphatic carbocycles. The van der Waals surface area contributed by atoms with E-state index < -0.39 is 11.9 Å². The van der Waals surface area contributed by atoms with Crippen molar-refractivity contribution in [3.63, 3.8) is 0 Å². The van der Waals surface area contributed by atoms with Crippen LogP contribution in [0.5, 0.6) is 0 Å². The number of aliphatic imine (C=N–C) groups is 2. The number of urea groups is 1. The fraction of sp³-hybridized carbons (Fsp3) is 0.438. The SMILES string of the molecule is CN1C(=O)C2C(SCC(=O)Nc3nccs3)=NC(C3CC3)=NC2=[N+](C)C1=O. The Balaban J connectivity index is 1.58. The van der Waals surface area contributed by atoms with Crippen LogP contribution >= 0.6 is 23.1 Å². The molecule has 0 spiro atoms. The fourth-order valence-corrected chi connectivity index (χ4v) is 4.24. The van der Waals surface area contributed by atoms with Crippen molar-refractivity contribution in [2.45, 2.75) is 12.8 Å². The molecule has 0 aromatic carbocycles. The van der Waals surface area contributed by atoms with Crippen LogP contribution in [0.25, 0.3) is 0 Å². The lowest BCUT2D eigenvalue weighted by molar-refractivity contribution is -0.407. The van der Waals surface area contributed by atoms with Crippen molar-refractivity contribution in [3.8, 4) is 0 Å². The lowest BCUT2D eigenvalue weighted by Crippen LogP contribution is -2.54. The number of imide groups is 1. The number of amides is 4. The van der Waals surface area contributed by atoms with Gasteiger partial charge < -0.3 is 5.32 Å². The lowest BCUT2D eigenvalue weighted by Gasteiger charge is -2.26. The van der Waals surface area contributed by atoms with Gasteiger partial charge in [-0.2, -0.15) is 9.48 Å². The molecule has 1 N–H and O–H groups in total. The first-order valence-corrected chi connectivity index (χ1v) is 10.2. The molecule has 1 atom stereocenters. The number of amidine groups is 2. The number of fused-ring (bicyclic) bond motifs is 1. The highest BCUT2D eigenvalue weighted by molar-refractivity contribution is 8.14. The Morgan fingerprint density at radius 2 is 2.19 bits per heavy atom.